The van der Waals surface area contributed by atoms with Crippen LogP contribution in [-0.4, -0.2) is 50.8 Å². The van der Waals surface area contributed by atoms with Gasteiger partial charge in [-0.3, -0.25) is 9.88 Å². The Kier molecular flexibility index (Phi) is 5.03. The zero-order valence-electron chi connectivity index (χ0n) is 15.4. The van der Waals surface area contributed by atoms with Crippen LogP contribution in [0.25, 0.3) is 16.8 Å². The molecule has 1 aliphatic rings. The Morgan fingerprint density at radius 2 is 1.96 bits per heavy atom. The molecule has 3 aromatic rings. The molecule has 3 aromatic heterocycles. The van der Waals surface area contributed by atoms with E-state index in [1.807, 2.05) is 6.20 Å². The first-order valence-electron chi connectivity index (χ1n) is 9.05. The first-order valence-corrected chi connectivity index (χ1v) is 9.05. The van der Waals surface area contributed by atoms with E-state index in [1.54, 1.807) is 17.8 Å². The lowest BCUT2D eigenvalue weighted by atomic mass is 10.1. The summed E-state index contributed by atoms with van der Waals surface area (Å²) >= 11 is 0. The third kappa shape index (κ3) is 3.85. The molecule has 0 bridgehead atoms. The number of nitrogens with zero attached hydrogens (tertiary/aromatic N) is 5. The Labute approximate surface area is 160 Å². The predicted molar refractivity (Wildman–Crippen MR) is 96.5 cm³/mol. The van der Waals surface area contributed by atoms with Gasteiger partial charge >= 0.3 is 6.18 Å². The highest BCUT2D eigenvalue weighted by Gasteiger charge is 2.32. The Morgan fingerprint density at radius 1 is 1.18 bits per heavy atom. The molecule has 0 aliphatic carbocycles. The minimum absolute atomic E-state index is 0.326. The van der Waals surface area contributed by atoms with Crippen LogP contribution in [0.15, 0.2) is 36.9 Å². The van der Waals surface area contributed by atoms with Crippen LogP contribution >= 0.6 is 0 Å². The Hall–Kier alpha value is -2.52. The van der Waals surface area contributed by atoms with Gasteiger partial charge in [-0.15, -0.1) is 0 Å². The van der Waals surface area contributed by atoms with E-state index in [9.17, 15) is 13.2 Å². The summed E-state index contributed by atoms with van der Waals surface area (Å²) in [4.78, 5) is 10.2. The monoisotopic (exact) mass is 391 g/mol. The van der Waals surface area contributed by atoms with Crippen molar-refractivity contribution in [1.82, 2.24) is 24.5 Å². The predicted octanol–water partition coefficient (Wildman–Crippen LogP) is 3.42. The third-order valence-electron chi connectivity index (χ3n) is 5.05. The second kappa shape index (κ2) is 7.48. The Bertz CT molecular complexity index is 964. The molecule has 1 aliphatic heterocycles. The fourth-order valence-electron chi connectivity index (χ4n) is 3.51. The molecule has 148 valence electrons. The second-order valence-corrected chi connectivity index (χ2v) is 6.93. The largest absolute Gasteiger partial charge is 0.433 e. The van der Waals surface area contributed by atoms with Gasteiger partial charge in [0, 0.05) is 56.5 Å². The number of rotatable bonds is 4. The third-order valence-corrected chi connectivity index (χ3v) is 5.05. The van der Waals surface area contributed by atoms with Gasteiger partial charge < -0.3 is 4.74 Å². The van der Waals surface area contributed by atoms with E-state index in [1.165, 1.54) is 12.3 Å². The maximum Gasteiger partial charge on any atom is 0.433 e. The van der Waals surface area contributed by atoms with Crippen LogP contribution in [0.4, 0.5) is 13.2 Å². The molecule has 28 heavy (non-hydrogen) atoms. The van der Waals surface area contributed by atoms with Crippen LogP contribution < -0.4 is 0 Å². The minimum atomic E-state index is -4.49. The number of hydrogen-bond acceptors (Lipinski definition) is 5. The average Bonchev–Trinajstić information content (AvgIpc) is 3.11. The van der Waals surface area contributed by atoms with Crippen molar-refractivity contribution in [2.24, 2.45) is 0 Å². The van der Waals surface area contributed by atoms with Gasteiger partial charge in [0.25, 0.3) is 0 Å². The van der Waals surface area contributed by atoms with E-state index in [0.717, 1.165) is 50.3 Å². The number of methoxy groups -OCH3 is 1. The number of piperidine rings is 1. The number of likely N-dealkylation sites (tertiary alicyclic amines) is 1. The van der Waals surface area contributed by atoms with E-state index in [0.29, 0.717) is 22.9 Å². The van der Waals surface area contributed by atoms with E-state index in [4.69, 9.17) is 4.74 Å². The van der Waals surface area contributed by atoms with Gasteiger partial charge in [-0.2, -0.15) is 18.3 Å². The van der Waals surface area contributed by atoms with Crippen molar-refractivity contribution in [3.8, 4) is 11.1 Å². The molecular weight excluding hydrogens is 371 g/mol. The lowest BCUT2D eigenvalue weighted by Crippen LogP contribution is -2.36. The lowest BCUT2D eigenvalue weighted by molar-refractivity contribution is -0.141. The zero-order valence-corrected chi connectivity index (χ0v) is 15.4. The number of halogens is 3. The van der Waals surface area contributed by atoms with Crippen molar-refractivity contribution in [3.63, 3.8) is 0 Å². The van der Waals surface area contributed by atoms with Gasteiger partial charge in [0.05, 0.1) is 12.3 Å². The molecule has 9 heteroatoms. The van der Waals surface area contributed by atoms with Gasteiger partial charge in [-0.1, -0.05) is 0 Å². The fraction of sp³-hybridized carbons (Fsp3) is 0.421. The molecule has 0 spiro atoms. The summed E-state index contributed by atoms with van der Waals surface area (Å²) in [5, 5.41) is 4.28. The molecule has 0 atom stereocenters. The molecule has 0 unspecified atom stereocenters. The summed E-state index contributed by atoms with van der Waals surface area (Å²) in [5.74, 6) is 0. The van der Waals surface area contributed by atoms with Crippen molar-refractivity contribution in [1.29, 1.82) is 0 Å². The summed E-state index contributed by atoms with van der Waals surface area (Å²) in [5.41, 5.74) is 1.52. The van der Waals surface area contributed by atoms with Crippen LogP contribution in [-0.2, 0) is 17.5 Å². The molecule has 1 saturated heterocycles. The first kappa shape index (κ1) is 18.8. The topological polar surface area (TPSA) is 55.5 Å². The van der Waals surface area contributed by atoms with E-state index in [-0.39, 0.29) is 0 Å². The van der Waals surface area contributed by atoms with Crippen LogP contribution in [0.2, 0.25) is 0 Å². The van der Waals surface area contributed by atoms with E-state index < -0.39 is 11.9 Å². The van der Waals surface area contributed by atoms with Gasteiger partial charge in [-0.05, 0) is 30.5 Å². The van der Waals surface area contributed by atoms with Crippen molar-refractivity contribution in [2.45, 2.75) is 31.7 Å². The molecule has 0 N–H and O–H groups in total. The van der Waals surface area contributed by atoms with Crippen LogP contribution in [0.5, 0.6) is 0 Å². The maximum absolute atomic E-state index is 12.9. The standard InChI is InChI=1S/C19H20F3N5O/c1-28-15-3-6-26(7-4-15)11-13-9-24-18-16(10-25-27(18)12-13)14-2-5-23-17(8-14)19(20,21)22/h2,5,8-10,12,15H,3-4,6-7,11H2,1H3. The zero-order chi connectivity index (χ0) is 19.7. The summed E-state index contributed by atoms with van der Waals surface area (Å²) in [6.45, 7) is 2.66. The van der Waals surface area contributed by atoms with Crippen molar-refractivity contribution in [2.75, 3.05) is 20.2 Å². The van der Waals surface area contributed by atoms with Crippen molar-refractivity contribution < 1.29 is 17.9 Å². The smallest absolute Gasteiger partial charge is 0.381 e. The van der Waals surface area contributed by atoms with Crippen molar-refractivity contribution in [3.05, 3.63) is 48.2 Å². The summed E-state index contributed by atoms with van der Waals surface area (Å²) in [6.07, 6.45) is 4.16. The van der Waals surface area contributed by atoms with Gasteiger partial charge in [0.15, 0.2) is 5.65 Å². The Morgan fingerprint density at radius 3 is 2.68 bits per heavy atom. The molecule has 0 radical (unpaired) electrons. The van der Waals surface area contributed by atoms with Gasteiger partial charge in [-0.25, -0.2) is 9.50 Å². The SMILES string of the molecule is COC1CCN(Cc2cnc3c(-c4ccnc(C(F)(F)F)c4)cnn3c2)CC1. The number of ether oxygens (including phenoxy) is 1. The normalized spacial score (nSPS) is 16.7. The quantitative estimate of drug-likeness (QED) is 0.682. The summed E-state index contributed by atoms with van der Waals surface area (Å²) < 4.78 is 45.8. The molecular formula is C19H20F3N5O. The molecule has 4 rings (SSSR count). The number of hydrogen-bond donors (Lipinski definition) is 0. The molecule has 6 nitrogen and oxygen atoms in total. The molecule has 0 amide bonds. The number of pyridine rings is 1. The van der Waals surface area contributed by atoms with Crippen LogP contribution in [0.1, 0.15) is 24.1 Å². The highest BCUT2D eigenvalue weighted by atomic mass is 19.4. The lowest BCUT2D eigenvalue weighted by Gasteiger charge is -2.30. The van der Waals surface area contributed by atoms with Gasteiger partial charge in [0.1, 0.15) is 5.69 Å². The van der Waals surface area contributed by atoms with E-state index >= 15 is 0 Å². The van der Waals surface area contributed by atoms with Crippen molar-refractivity contribution >= 4 is 5.65 Å². The summed E-state index contributed by atoms with van der Waals surface area (Å²) in [7, 11) is 1.74. The second-order valence-electron chi connectivity index (χ2n) is 6.93. The molecule has 0 aromatic carbocycles. The summed E-state index contributed by atoms with van der Waals surface area (Å²) in [6, 6.07) is 2.55. The fourth-order valence-corrected chi connectivity index (χ4v) is 3.51. The minimum Gasteiger partial charge on any atom is -0.381 e. The first-order chi connectivity index (χ1) is 13.4. The number of fused-ring (bicyclic) bond motifs is 1. The number of alkyl halides is 3. The molecule has 4 heterocycles. The average molecular weight is 391 g/mol. The van der Waals surface area contributed by atoms with Crippen LogP contribution in [0.3, 0.4) is 0 Å². The molecule has 0 saturated carbocycles. The van der Waals surface area contributed by atoms with Gasteiger partial charge in [0.2, 0.25) is 0 Å². The number of aromatic nitrogens is 4. The maximum atomic E-state index is 12.9. The highest BCUT2D eigenvalue weighted by Crippen LogP contribution is 2.31. The Balaban J connectivity index is 1.56. The van der Waals surface area contributed by atoms with E-state index in [2.05, 4.69) is 20.0 Å². The molecule has 1 fully saturated rings. The van der Waals surface area contributed by atoms with Crippen LogP contribution in [0, 0.1) is 0 Å². The highest BCUT2D eigenvalue weighted by molar-refractivity contribution is 5.76.